The molecule has 102 valence electrons. The van der Waals surface area contributed by atoms with Crippen molar-refractivity contribution in [2.45, 2.75) is 19.9 Å². The summed E-state index contributed by atoms with van der Waals surface area (Å²) < 4.78 is 2.59. The van der Waals surface area contributed by atoms with Gasteiger partial charge in [-0.2, -0.15) is 5.10 Å². The van der Waals surface area contributed by atoms with Crippen molar-refractivity contribution in [3.8, 4) is 0 Å². The summed E-state index contributed by atoms with van der Waals surface area (Å²) in [4.78, 5) is 0. The van der Waals surface area contributed by atoms with E-state index in [1.165, 1.54) is 0 Å². The fourth-order valence-electron chi connectivity index (χ4n) is 1.99. The van der Waals surface area contributed by atoms with Crippen LogP contribution in [0.3, 0.4) is 0 Å². The van der Waals surface area contributed by atoms with Crippen molar-refractivity contribution in [2.24, 2.45) is 7.05 Å². The van der Waals surface area contributed by atoms with Gasteiger partial charge in [0.1, 0.15) is 0 Å². The van der Waals surface area contributed by atoms with E-state index in [9.17, 15) is 0 Å². The van der Waals surface area contributed by atoms with Crippen molar-refractivity contribution in [1.82, 2.24) is 9.78 Å². The number of halogens is 3. The monoisotopic (exact) mass is 361 g/mol. The summed E-state index contributed by atoms with van der Waals surface area (Å²) in [6, 6.07) is 3.88. The molecule has 0 spiro atoms. The average molecular weight is 363 g/mol. The summed E-state index contributed by atoms with van der Waals surface area (Å²) in [7, 11) is 1.91. The first-order valence-corrected chi connectivity index (χ1v) is 7.35. The SMILES string of the molecule is Cc1nn(C)cc1C(C)Nc1ccc(Br)c(Cl)c1Cl. The summed E-state index contributed by atoms with van der Waals surface area (Å²) in [6.07, 6.45) is 2.00. The zero-order valence-corrected chi connectivity index (χ0v) is 13.9. The second-order valence-electron chi connectivity index (χ2n) is 4.43. The van der Waals surface area contributed by atoms with Crippen LogP contribution in [0.2, 0.25) is 10.0 Å². The van der Waals surface area contributed by atoms with Crippen LogP contribution in [0.15, 0.2) is 22.8 Å². The van der Waals surface area contributed by atoms with Crippen molar-refractivity contribution in [1.29, 1.82) is 0 Å². The fraction of sp³-hybridized carbons (Fsp3) is 0.308. The molecule has 1 heterocycles. The molecule has 0 aliphatic carbocycles. The minimum Gasteiger partial charge on any atom is -0.377 e. The largest absolute Gasteiger partial charge is 0.377 e. The quantitative estimate of drug-likeness (QED) is 0.781. The van der Waals surface area contributed by atoms with E-state index in [4.69, 9.17) is 23.2 Å². The molecule has 1 unspecified atom stereocenters. The molecule has 19 heavy (non-hydrogen) atoms. The van der Waals surface area contributed by atoms with Gasteiger partial charge in [0, 0.05) is 23.3 Å². The first kappa shape index (κ1) is 14.7. The van der Waals surface area contributed by atoms with Gasteiger partial charge in [0.25, 0.3) is 0 Å². The molecule has 0 radical (unpaired) electrons. The lowest BCUT2D eigenvalue weighted by atomic mass is 10.1. The number of aromatic nitrogens is 2. The van der Waals surface area contributed by atoms with Gasteiger partial charge in [-0.1, -0.05) is 23.2 Å². The summed E-state index contributed by atoms with van der Waals surface area (Å²) in [5, 5.41) is 8.73. The summed E-state index contributed by atoms with van der Waals surface area (Å²) >= 11 is 15.7. The molecule has 1 aromatic heterocycles. The number of benzene rings is 1. The Bertz CT molecular complexity index is 610. The van der Waals surface area contributed by atoms with Crippen molar-refractivity contribution < 1.29 is 0 Å². The Hall–Kier alpha value is -0.710. The van der Waals surface area contributed by atoms with Crippen LogP contribution in [0.25, 0.3) is 0 Å². The van der Waals surface area contributed by atoms with Crippen molar-refractivity contribution in [3.63, 3.8) is 0 Å². The van der Waals surface area contributed by atoms with Gasteiger partial charge >= 0.3 is 0 Å². The number of anilines is 1. The standard InChI is InChI=1S/C13H14BrCl2N3/c1-7(9-6-19(3)18-8(9)2)17-11-5-4-10(14)12(15)13(11)16/h4-7,17H,1-3H3. The first-order valence-electron chi connectivity index (χ1n) is 5.80. The highest BCUT2D eigenvalue weighted by Gasteiger charge is 2.14. The Morgan fingerprint density at radius 2 is 2.00 bits per heavy atom. The third-order valence-corrected chi connectivity index (χ3v) is 4.70. The third kappa shape index (κ3) is 3.07. The molecule has 0 aliphatic heterocycles. The average Bonchev–Trinajstić information content (AvgIpc) is 2.69. The Morgan fingerprint density at radius 1 is 1.32 bits per heavy atom. The van der Waals surface area contributed by atoms with E-state index in [1.807, 2.05) is 32.3 Å². The van der Waals surface area contributed by atoms with E-state index in [-0.39, 0.29) is 6.04 Å². The fourth-order valence-corrected chi connectivity index (χ4v) is 2.82. The van der Waals surface area contributed by atoms with Gasteiger partial charge in [0.2, 0.25) is 0 Å². The van der Waals surface area contributed by atoms with Gasteiger partial charge in [-0.05, 0) is 41.9 Å². The van der Waals surface area contributed by atoms with Gasteiger partial charge in [0.05, 0.1) is 27.5 Å². The highest BCUT2D eigenvalue weighted by molar-refractivity contribution is 9.10. The highest BCUT2D eigenvalue weighted by atomic mass is 79.9. The van der Waals surface area contributed by atoms with Crippen molar-refractivity contribution in [2.75, 3.05) is 5.32 Å². The molecule has 1 aromatic carbocycles. The number of rotatable bonds is 3. The van der Waals surface area contributed by atoms with Crippen LogP contribution < -0.4 is 5.32 Å². The third-order valence-electron chi connectivity index (χ3n) is 2.93. The lowest BCUT2D eigenvalue weighted by Crippen LogP contribution is -2.07. The van der Waals surface area contributed by atoms with Gasteiger partial charge in [-0.25, -0.2) is 0 Å². The first-order chi connectivity index (χ1) is 8.90. The smallest absolute Gasteiger partial charge is 0.0835 e. The van der Waals surface area contributed by atoms with Crippen LogP contribution in [0, 0.1) is 6.92 Å². The van der Waals surface area contributed by atoms with Crippen LogP contribution in [0.5, 0.6) is 0 Å². The summed E-state index contributed by atoms with van der Waals surface area (Å²) in [5.41, 5.74) is 2.95. The minimum absolute atomic E-state index is 0.100. The lowest BCUT2D eigenvalue weighted by molar-refractivity contribution is 0.756. The molecule has 0 saturated carbocycles. The molecule has 1 atom stereocenters. The summed E-state index contributed by atoms with van der Waals surface area (Å²) in [5.74, 6) is 0. The molecule has 1 N–H and O–H groups in total. The topological polar surface area (TPSA) is 29.9 Å². The van der Waals surface area contributed by atoms with E-state index in [0.29, 0.717) is 10.0 Å². The molecule has 3 nitrogen and oxygen atoms in total. The normalized spacial score (nSPS) is 12.5. The molecule has 6 heteroatoms. The van der Waals surface area contributed by atoms with Crippen LogP contribution in [-0.2, 0) is 7.05 Å². The van der Waals surface area contributed by atoms with Gasteiger partial charge in [-0.15, -0.1) is 0 Å². The maximum Gasteiger partial charge on any atom is 0.0835 e. The van der Waals surface area contributed by atoms with E-state index < -0.39 is 0 Å². The Balaban J connectivity index is 2.27. The van der Waals surface area contributed by atoms with E-state index in [0.717, 1.165) is 21.4 Å². The number of nitrogens with zero attached hydrogens (tertiary/aromatic N) is 2. The van der Waals surface area contributed by atoms with Crippen LogP contribution in [0.1, 0.15) is 24.2 Å². The molecule has 2 rings (SSSR count). The molecular weight excluding hydrogens is 349 g/mol. The predicted octanol–water partition coefficient (Wildman–Crippen LogP) is 4.97. The molecule has 0 saturated heterocycles. The molecule has 0 bridgehead atoms. The molecule has 2 aromatic rings. The van der Waals surface area contributed by atoms with Gasteiger partial charge in [-0.3, -0.25) is 4.68 Å². The Morgan fingerprint density at radius 3 is 2.58 bits per heavy atom. The predicted molar refractivity (Wildman–Crippen MR) is 84.1 cm³/mol. The van der Waals surface area contributed by atoms with E-state index >= 15 is 0 Å². The lowest BCUT2D eigenvalue weighted by Gasteiger charge is -2.16. The number of nitrogens with one attached hydrogen (secondary N) is 1. The van der Waals surface area contributed by atoms with Gasteiger partial charge in [0.15, 0.2) is 0 Å². The highest BCUT2D eigenvalue weighted by Crippen LogP contribution is 2.37. The zero-order chi connectivity index (χ0) is 14.2. The maximum absolute atomic E-state index is 6.23. The Labute approximate surface area is 131 Å². The van der Waals surface area contributed by atoms with Crippen LogP contribution >= 0.6 is 39.1 Å². The molecule has 0 aliphatic rings. The molecule has 0 amide bonds. The molecular formula is C13H14BrCl2N3. The number of hydrogen-bond acceptors (Lipinski definition) is 2. The maximum atomic E-state index is 6.23. The van der Waals surface area contributed by atoms with Crippen molar-refractivity contribution in [3.05, 3.63) is 44.1 Å². The Kier molecular flexibility index (Phi) is 4.43. The van der Waals surface area contributed by atoms with Crippen LogP contribution in [0.4, 0.5) is 5.69 Å². The van der Waals surface area contributed by atoms with E-state index in [1.54, 1.807) is 4.68 Å². The summed E-state index contributed by atoms with van der Waals surface area (Å²) in [6.45, 7) is 4.06. The molecule has 0 fully saturated rings. The van der Waals surface area contributed by atoms with Gasteiger partial charge < -0.3 is 5.32 Å². The van der Waals surface area contributed by atoms with Crippen molar-refractivity contribution >= 4 is 44.8 Å². The van der Waals surface area contributed by atoms with E-state index in [2.05, 4.69) is 33.3 Å². The number of hydrogen-bond donors (Lipinski definition) is 1. The second kappa shape index (κ2) is 5.73. The second-order valence-corrected chi connectivity index (χ2v) is 6.04. The van der Waals surface area contributed by atoms with Crippen LogP contribution in [-0.4, -0.2) is 9.78 Å². The minimum atomic E-state index is 0.100. The number of aryl methyl sites for hydroxylation is 2. The zero-order valence-electron chi connectivity index (χ0n) is 10.8.